The molecule has 1 N–H and O–H groups in total. The van der Waals surface area contributed by atoms with Crippen LogP contribution in [-0.4, -0.2) is 71.7 Å². The van der Waals surface area contributed by atoms with Crippen molar-refractivity contribution in [2.45, 2.75) is 35.1 Å². The molecule has 0 bridgehead atoms. The lowest BCUT2D eigenvalue weighted by molar-refractivity contribution is -0.131. The van der Waals surface area contributed by atoms with Crippen molar-refractivity contribution in [2.24, 2.45) is 4.99 Å². The molecule has 0 aliphatic carbocycles. The Balaban J connectivity index is 1.03. The summed E-state index contributed by atoms with van der Waals surface area (Å²) in [6.07, 6.45) is 1.73. The number of carbonyl (C=O) groups excluding carboxylic acids is 2. The number of para-hydroxylation sites is 1. The standard InChI is InChI=1S/C31H33N5O2S/c1-31(23-11-3-2-4-12-23)29(37)36(30(38)33-31)18-10-9-17-34-19-21-35(22-20-34)28-24-13-5-7-15-26(24)39-27-16-8-6-14-25(27)32-28/h2-8,11-16H,9-10,17-22H2,1H3,(H,33,38). The molecule has 3 aromatic rings. The normalized spacial score (nSPS) is 21.2. The van der Waals surface area contributed by atoms with Gasteiger partial charge in [-0.1, -0.05) is 72.4 Å². The highest BCUT2D eigenvalue weighted by Gasteiger charge is 2.48. The number of fused-ring (bicyclic) bond motifs is 2. The molecule has 3 amide bonds. The number of hydrogen-bond acceptors (Lipinski definition) is 6. The maximum absolute atomic E-state index is 13.1. The van der Waals surface area contributed by atoms with E-state index in [0.717, 1.165) is 62.7 Å². The minimum atomic E-state index is -0.993. The molecule has 8 heteroatoms. The van der Waals surface area contributed by atoms with Crippen LogP contribution in [-0.2, 0) is 10.3 Å². The minimum Gasteiger partial charge on any atom is -0.354 e. The molecule has 0 spiro atoms. The summed E-state index contributed by atoms with van der Waals surface area (Å²) in [5.74, 6) is 0.888. The second kappa shape index (κ2) is 10.9. The zero-order valence-electron chi connectivity index (χ0n) is 22.2. The molecule has 2 saturated heterocycles. The lowest BCUT2D eigenvalue weighted by Crippen LogP contribution is -2.49. The maximum Gasteiger partial charge on any atom is 0.325 e. The summed E-state index contributed by atoms with van der Waals surface area (Å²) in [5.41, 5.74) is 2.04. The van der Waals surface area contributed by atoms with Crippen LogP contribution >= 0.6 is 11.8 Å². The lowest BCUT2D eigenvalue weighted by atomic mass is 9.92. The van der Waals surface area contributed by atoms with Crippen LogP contribution in [0.2, 0.25) is 0 Å². The number of urea groups is 1. The Morgan fingerprint density at radius 3 is 2.28 bits per heavy atom. The summed E-state index contributed by atoms with van der Waals surface area (Å²) in [7, 11) is 0. The van der Waals surface area contributed by atoms with E-state index in [1.165, 1.54) is 20.3 Å². The number of amidine groups is 1. The molecule has 0 saturated carbocycles. The lowest BCUT2D eigenvalue weighted by Gasteiger charge is -2.36. The largest absolute Gasteiger partial charge is 0.354 e. The van der Waals surface area contributed by atoms with E-state index in [1.807, 2.05) is 30.3 Å². The Hall–Kier alpha value is -3.62. The van der Waals surface area contributed by atoms with E-state index in [9.17, 15) is 9.59 Å². The van der Waals surface area contributed by atoms with Gasteiger partial charge in [-0.05, 0) is 50.1 Å². The molecule has 0 aromatic heterocycles. The first-order valence-corrected chi connectivity index (χ1v) is 14.5. The Bertz CT molecular complexity index is 1400. The highest BCUT2D eigenvalue weighted by atomic mass is 32.2. The third-order valence-corrected chi connectivity index (χ3v) is 8.98. The molecular formula is C31H33N5O2S. The number of hydrogen-bond donors (Lipinski definition) is 1. The van der Waals surface area contributed by atoms with Crippen molar-refractivity contribution in [2.75, 3.05) is 39.3 Å². The van der Waals surface area contributed by atoms with Crippen molar-refractivity contribution in [3.8, 4) is 0 Å². The highest BCUT2D eigenvalue weighted by molar-refractivity contribution is 7.99. The second-order valence-corrected chi connectivity index (χ2v) is 11.5. The molecule has 3 aromatic carbocycles. The molecule has 3 aliphatic heterocycles. The predicted molar refractivity (Wildman–Crippen MR) is 154 cm³/mol. The molecule has 3 aliphatic rings. The van der Waals surface area contributed by atoms with E-state index in [4.69, 9.17) is 4.99 Å². The average Bonchev–Trinajstić information content (AvgIpc) is 3.10. The summed E-state index contributed by atoms with van der Waals surface area (Å²) < 4.78 is 0. The van der Waals surface area contributed by atoms with Gasteiger partial charge in [-0.2, -0.15) is 0 Å². The quantitative estimate of drug-likeness (QED) is 0.349. The fraction of sp³-hybridized carbons (Fsp3) is 0.323. The number of aliphatic imine (C=N–C) groups is 1. The number of piperazine rings is 1. The van der Waals surface area contributed by atoms with Gasteiger partial charge in [-0.15, -0.1) is 0 Å². The van der Waals surface area contributed by atoms with Crippen molar-refractivity contribution in [1.29, 1.82) is 0 Å². The van der Waals surface area contributed by atoms with Crippen LogP contribution in [0, 0.1) is 0 Å². The van der Waals surface area contributed by atoms with Gasteiger partial charge in [0.15, 0.2) is 0 Å². The van der Waals surface area contributed by atoms with E-state index in [1.54, 1.807) is 18.7 Å². The molecule has 0 radical (unpaired) electrons. The van der Waals surface area contributed by atoms with Crippen LogP contribution in [0.25, 0.3) is 0 Å². The van der Waals surface area contributed by atoms with Crippen LogP contribution in [0.5, 0.6) is 0 Å². The Morgan fingerprint density at radius 2 is 1.49 bits per heavy atom. The predicted octanol–water partition coefficient (Wildman–Crippen LogP) is 5.09. The third-order valence-electron chi connectivity index (χ3n) is 7.84. The summed E-state index contributed by atoms with van der Waals surface area (Å²) in [6, 6.07) is 26.1. The second-order valence-electron chi connectivity index (χ2n) is 10.4. The van der Waals surface area contributed by atoms with Crippen molar-refractivity contribution < 1.29 is 9.59 Å². The number of amides is 3. The topological polar surface area (TPSA) is 68.2 Å². The van der Waals surface area contributed by atoms with E-state index >= 15 is 0 Å². The summed E-state index contributed by atoms with van der Waals surface area (Å²) >= 11 is 1.79. The third kappa shape index (κ3) is 5.06. The van der Waals surface area contributed by atoms with E-state index in [0.29, 0.717) is 6.54 Å². The zero-order chi connectivity index (χ0) is 26.8. The van der Waals surface area contributed by atoms with Crippen LogP contribution in [0.15, 0.2) is 93.6 Å². The number of rotatable bonds is 6. The van der Waals surface area contributed by atoms with Crippen molar-refractivity contribution in [1.82, 2.24) is 20.0 Å². The maximum atomic E-state index is 13.1. The molecular weight excluding hydrogens is 506 g/mol. The van der Waals surface area contributed by atoms with Gasteiger partial charge in [0, 0.05) is 48.1 Å². The Morgan fingerprint density at radius 1 is 0.821 bits per heavy atom. The Labute approximate surface area is 233 Å². The monoisotopic (exact) mass is 539 g/mol. The van der Waals surface area contributed by atoms with Crippen LogP contribution < -0.4 is 5.32 Å². The van der Waals surface area contributed by atoms with Crippen molar-refractivity contribution in [3.05, 3.63) is 90.0 Å². The fourth-order valence-electron chi connectivity index (χ4n) is 5.57. The number of imide groups is 1. The van der Waals surface area contributed by atoms with Crippen LogP contribution in [0.3, 0.4) is 0 Å². The molecule has 39 heavy (non-hydrogen) atoms. The first-order chi connectivity index (χ1) is 19.0. The van der Waals surface area contributed by atoms with Gasteiger partial charge in [0.05, 0.1) is 5.69 Å². The van der Waals surface area contributed by atoms with Crippen molar-refractivity contribution >= 4 is 35.2 Å². The molecule has 2 fully saturated rings. The molecule has 6 rings (SSSR count). The molecule has 1 unspecified atom stereocenters. The first-order valence-electron chi connectivity index (χ1n) is 13.6. The van der Waals surface area contributed by atoms with Gasteiger partial charge in [0.25, 0.3) is 5.91 Å². The molecule has 7 nitrogen and oxygen atoms in total. The number of unbranched alkanes of at least 4 members (excludes halogenated alkanes) is 1. The summed E-state index contributed by atoms with van der Waals surface area (Å²) in [5, 5.41) is 2.90. The number of nitrogens with zero attached hydrogens (tertiary/aromatic N) is 4. The fourth-order valence-corrected chi connectivity index (χ4v) is 6.58. The first kappa shape index (κ1) is 25.6. The van der Waals surface area contributed by atoms with Gasteiger partial charge >= 0.3 is 6.03 Å². The van der Waals surface area contributed by atoms with Crippen LogP contribution in [0.1, 0.15) is 30.9 Å². The van der Waals surface area contributed by atoms with E-state index in [-0.39, 0.29) is 11.9 Å². The number of nitrogens with one attached hydrogen (secondary N) is 1. The SMILES string of the molecule is CC1(c2ccccc2)NC(=O)N(CCCCN2CCN(C3=Nc4ccccc4Sc4ccccc43)CC2)C1=O. The molecule has 1 atom stereocenters. The molecule has 200 valence electrons. The zero-order valence-corrected chi connectivity index (χ0v) is 23.0. The highest BCUT2D eigenvalue weighted by Crippen LogP contribution is 2.40. The smallest absolute Gasteiger partial charge is 0.325 e. The molecule has 3 heterocycles. The Kier molecular flexibility index (Phi) is 7.14. The van der Waals surface area contributed by atoms with Gasteiger partial charge in [-0.3, -0.25) is 14.6 Å². The van der Waals surface area contributed by atoms with Gasteiger partial charge < -0.3 is 10.2 Å². The van der Waals surface area contributed by atoms with Gasteiger partial charge in [0.2, 0.25) is 0 Å². The number of benzene rings is 3. The van der Waals surface area contributed by atoms with Crippen molar-refractivity contribution in [3.63, 3.8) is 0 Å². The van der Waals surface area contributed by atoms with Gasteiger partial charge in [-0.25, -0.2) is 9.79 Å². The summed E-state index contributed by atoms with van der Waals surface area (Å²) in [4.78, 5) is 39.6. The van der Waals surface area contributed by atoms with Crippen LogP contribution in [0.4, 0.5) is 10.5 Å². The summed E-state index contributed by atoms with van der Waals surface area (Å²) in [6.45, 7) is 6.95. The average molecular weight is 540 g/mol. The van der Waals surface area contributed by atoms with E-state index in [2.05, 4.69) is 63.6 Å². The van der Waals surface area contributed by atoms with Gasteiger partial charge in [0.1, 0.15) is 11.4 Å². The minimum absolute atomic E-state index is 0.170. The number of carbonyl (C=O) groups is 2. The van der Waals surface area contributed by atoms with E-state index < -0.39 is 5.54 Å².